The van der Waals surface area contributed by atoms with Gasteiger partial charge in [-0.2, -0.15) is 0 Å². The Kier molecular flexibility index (Phi) is 5.31. The largest absolute Gasteiger partial charge is 0.363 e. The average molecular weight is 342 g/mol. The smallest absolute Gasteiger partial charge is 0.223 e. The van der Waals surface area contributed by atoms with Crippen molar-refractivity contribution < 1.29 is 4.79 Å². The van der Waals surface area contributed by atoms with Crippen LogP contribution < -0.4 is 4.90 Å². The second-order valence-corrected chi connectivity index (χ2v) is 6.74. The summed E-state index contributed by atoms with van der Waals surface area (Å²) in [6.45, 7) is 3.54. The Morgan fingerprint density at radius 2 is 2.20 bits per heavy atom. The van der Waals surface area contributed by atoms with Gasteiger partial charge in [-0.25, -0.2) is 15.0 Å². The lowest BCUT2D eigenvalue weighted by Crippen LogP contribution is -2.31. The van der Waals surface area contributed by atoms with Gasteiger partial charge in [-0.05, 0) is 26.2 Å². The number of rotatable bonds is 6. The Balaban J connectivity index is 1.66. The normalized spacial score (nSPS) is 17.1. The Labute approximate surface area is 148 Å². The van der Waals surface area contributed by atoms with Crippen LogP contribution in [-0.4, -0.2) is 51.0 Å². The molecule has 0 saturated carbocycles. The van der Waals surface area contributed by atoms with E-state index in [9.17, 15) is 4.79 Å². The van der Waals surface area contributed by atoms with E-state index in [1.54, 1.807) is 12.5 Å². The van der Waals surface area contributed by atoms with Gasteiger partial charge in [0.25, 0.3) is 0 Å². The van der Waals surface area contributed by atoms with E-state index in [4.69, 9.17) is 0 Å². The van der Waals surface area contributed by atoms with E-state index in [2.05, 4.69) is 15.0 Å². The summed E-state index contributed by atoms with van der Waals surface area (Å²) in [6, 6.07) is 2.08. The first-order valence-electron chi connectivity index (χ1n) is 8.82. The van der Waals surface area contributed by atoms with E-state index in [0.717, 1.165) is 49.7 Å². The van der Waals surface area contributed by atoms with Gasteiger partial charge >= 0.3 is 0 Å². The molecule has 1 fully saturated rings. The first kappa shape index (κ1) is 17.4. The van der Waals surface area contributed by atoms with Gasteiger partial charge in [0.1, 0.15) is 11.6 Å². The van der Waals surface area contributed by atoms with Crippen LogP contribution in [0.3, 0.4) is 0 Å². The fourth-order valence-corrected chi connectivity index (χ4v) is 3.32. The van der Waals surface area contributed by atoms with Crippen LogP contribution in [0.2, 0.25) is 0 Å². The molecule has 1 amide bonds. The van der Waals surface area contributed by atoms with Crippen molar-refractivity contribution in [3.05, 3.63) is 36.3 Å². The molecule has 0 spiro atoms. The zero-order valence-electron chi connectivity index (χ0n) is 15.2. The van der Waals surface area contributed by atoms with Gasteiger partial charge in [-0.3, -0.25) is 4.79 Å². The third-order valence-electron chi connectivity index (χ3n) is 4.58. The highest BCUT2D eigenvalue weighted by atomic mass is 16.2. The number of imidazole rings is 1. The summed E-state index contributed by atoms with van der Waals surface area (Å²) in [7, 11) is 3.94. The van der Waals surface area contributed by atoms with Crippen molar-refractivity contribution in [3.8, 4) is 0 Å². The maximum atomic E-state index is 12.7. The summed E-state index contributed by atoms with van der Waals surface area (Å²) in [5.74, 6) is 1.85. The molecule has 1 aliphatic rings. The number of aryl methyl sites for hydroxylation is 2. The summed E-state index contributed by atoms with van der Waals surface area (Å²) in [4.78, 5) is 29.8. The first-order chi connectivity index (χ1) is 12.0. The van der Waals surface area contributed by atoms with E-state index in [1.165, 1.54) is 0 Å². The lowest BCUT2D eigenvalue weighted by atomic mass is 10.1. The Morgan fingerprint density at radius 1 is 1.36 bits per heavy atom. The zero-order chi connectivity index (χ0) is 17.8. The fraction of sp³-hybridized carbons (Fsp3) is 0.556. The molecule has 0 radical (unpaired) electrons. The van der Waals surface area contributed by atoms with E-state index in [0.29, 0.717) is 6.42 Å². The number of anilines is 1. The van der Waals surface area contributed by atoms with Crippen LogP contribution >= 0.6 is 0 Å². The molecule has 2 aromatic heterocycles. The minimum absolute atomic E-state index is 0.0705. The summed E-state index contributed by atoms with van der Waals surface area (Å²) in [5.41, 5.74) is 0.955. The molecule has 0 bridgehead atoms. The number of hydrogen-bond acceptors (Lipinski definition) is 5. The molecule has 2 aromatic rings. The Bertz CT molecular complexity index is 712. The SMILES string of the molecule is Cc1nc([C@@H]2CCCN2C(=O)CCCn2ccnc2)cc(N(C)C)n1. The number of hydrogen-bond donors (Lipinski definition) is 0. The summed E-state index contributed by atoms with van der Waals surface area (Å²) in [5, 5.41) is 0. The van der Waals surface area contributed by atoms with Gasteiger partial charge in [0.15, 0.2) is 0 Å². The van der Waals surface area contributed by atoms with Crippen LogP contribution in [0.5, 0.6) is 0 Å². The molecular formula is C18H26N6O. The molecule has 1 aliphatic heterocycles. The van der Waals surface area contributed by atoms with Gasteiger partial charge in [-0.1, -0.05) is 0 Å². The highest BCUT2D eigenvalue weighted by Gasteiger charge is 2.31. The number of amides is 1. The number of likely N-dealkylation sites (tertiary alicyclic amines) is 1. The van der Waals surface area contributed by atoms with E-state index in [-0.39, 0.29) is 11.9 Å². The van der Waals surface area contributed by atoms with Crippen molar-refractivity contribution in [2.75, 3.05) is 25.5 Å². The lowest BCUT2D eigenvalue weighted by Gasteiger charge is -2.25. The molecule has 1 saturated heterocycles. The van der Waals surface area contributed by atoms with Gasteiger partial charge < -0.3 is 14.4 Å². The molecule has 0 unspecified atom stereocenters. The van der Waals surface area contributed by atoms with Crippen molar-refractivity contribution in [1.82, 2.24) is 24.4 Å². The molecule has 3 rings (SSSR count). The average Bonchev–Trinajstić information content (AvgIpc) is 3.25. The van der Waals surface area contributed by atoms with Crippen LogP contribution in [-0.2, 0) is 11.3 Å². The monoisotopic (exact) mass is 342 g/mol. The molecule has 0 N–H and O–H groups in total. The third kappa shape index (κ3) is 4.15. The molecule has 1 atom stereocenters. The molecule has 7 heteroatoms. The van der Waals surface area contributed by atoms with E-state index >= 15 is 0 Å². The minimum Gasteiger partial charge on any atom is -0.363 e. The Morgan fingerprint density at radius 3 is 2.92 bits per heavy atom. The van der Waals surface area contributed by atoms with Crippen molar-refractivity contribution in [2.45, 2.75) is 45.2 Å². The molecule has 25 heavy (non-hydrogen) atoms. The molecule has 7 nitrogen and oxygen atoms in total. The van der Waals surface area contributed by atoms with Gasteiger partial charge in [0.2, 0.25) is 5.91 Å². The second kappa shape index (κ2) is 7.63. The van der Waals surface area contributed by atoms with Crippen LogP contribution in [0.1, 0.15) is 43.2 Å². The molecule has 134 valence electrons. The molecule has 0 aliphatic carbocycles. The van der Waals surface area contributed by atoms with Crippen LogP contribution in [0.25, 0.3) is 0 Å². The fourth-order valence-electron chi connectivity index (χ4n) is 3.32. The lowest BCUT2D eigenvalue weighted by molar-refractivity contribution is -0.132. The number of nitrogens with zero attached hydrogens (tertiary/aromatic N) is 6. The van der Waals surface area contributed by atoms with Crippen molar-refractivity contribution in [1.29, 1.82) is 0 Å². The summed E-state index contributed by atoms with van der Waals surface area (Å²) >= 11 is 0. The van der Waals surface area contributed by atoms with E-state index in [1.807, 2.05) is 47.6 Å². The standard InChI is InChI=1S/C18H26N6O/c1-14-20-15(12-17(21-14)22(2)3)16-6-4-10-24(16)18(25)7-5-9-23-11-8-19-13-23/h8,11-13,16H,4-7,9-10H2,1-3H3/t16-/m0/s1. The topological polar surface area (TPSA) is 67.2 Å². The van der Waals surface area contributed by atoms with Gasteiger partial charge in [0.05, 0.1) is 18.1 Å². The number of carbonyl (C=O) groups excluding carboxylic acids is 1. The maximum absolute atomic E-state index is 12.7. The van der Waals surface area contributed by atoms with Gasteiger partial charge in [-0.15, -0.1) is 0 Å². The second-order valence-electron chi connectivity index (χ2n) is 6.74. The van der Waals surface area contributed by atoms with Crippen LogP contribution in [0, 0.1) is 6.92 Å². The summed E-state index contributed by atoms with van der Waals surface area (Å²) in [6.07, 6.45) is 8.85. The quantitative estimate of drug-likeness (QED) is 0.805. The van der Waals surface area contributed by atoms with Crippen molar-refractivity contribution in [3.63, 3.8) is 0 Å². The molecular weight excluding hydrogens is 316 g/mol. The molecule has 3 heterocycles. The van der Waals surface area contributed by atoms with Crippen molar-refractivity contribution in [2.24, 2.45) is 0 Å². The highest BCUT2D eigenvalue weighted by molar-refractivity contribution is 5.77. The van der Waals surface area contributed by atoms with Crippen LogP contribution in [0.15, 0.2) is 24.8 Å². The number of carbonyl (C=O) groups is 1. The third-order valence-corrected chi connectivity index (χ3v) is 4.58. The van der Waals surface area contributed by atoms with E-state index < -0.39 is 0 Å². The minimum atomic E-state index is 0.0705. The highest BCUT2D eigenvalue weighted by Crippen LogP contribution is 2.32. The van der Waals surface area contributed by atoms with Gasteiger partial charge in [0, 0.05) is 52.1 Å². The first-order valence-corrected chi connectivity index (χ1v) is 8.82. The number of aromatic nitrogens is 4. The predicted molar refractivity (Wildman–Crippen MR) is 96.2 cm³/mol. The maximum Gasteiger partial charge on any atom is 0.223 e. The predicted octanol–water partition coefficient (Wildman–Crippen LogP) is 2.19. The zero-order valence-corrected chi connectivity index (χ0v) is 15.2. The molecule has 0 aromatic carbocycles. The summed E-state index contributed by atoms with van der Waals surface area (Å²) < 4.78 is 2.01. The van der Waals surface area contributed by atoms with Crippen molar-refractivity contribution >= 4 is 11.7 Å². The van der Waals surface area contributed by atoms with Crippen LogP contribution in [0.4, 0.5) is 5.82 Å². The Hall–Kier alpha value is -2.44.